The average molecular weight is 438 g/mol. The first-order chi connectivity index (χ1) is 15.2. The van der Waals surface area contributed by atoms with Crippen LogP contribution < -0.4 is 5.46 Å². The van der Waals surface area contributed by atoms with Gasteiger partial charge in [-0.25, -0.2) is 0 Å². The third-order valence-electron chi connectivity index (χ3n) is 6.73. The molecule has 0 unspecified atom stereocenters. The Labute approximate surface area is 193 Å². The van der Waals surface area contributed by atoms with Crippen molar-refractivity contribution in [2.45, 2.75) is 38.9 Å². The van der Waals surface area contributed by atoms with Crippen LogP contribution in [0.3, 0.4) is 0 Å². The highest BCUT2D eigenvalue weighted by Crippen LogP contribution is 2.36. The molecule has 0 amide bonds. The Morgan fingerprint density at radius 1 is 0.750 bits per heavy atom. The lowest BCUT2D eigenvalue weighted by atomic mass is 9.80. The SMILES string of the molecule is CC(C)(O)C(C)(C)OBc1cccc2sc3ccc(-c4ccc5ccccc5c4)cc3c12. The normalized spacial score (nSPS) is 12.7. The molecule has 0 saturated carbocycles. The molecule has 0 aliphatic heterocycles. The lowest BCUT2D eigenvalue weighted by Crippen LogP contribution is -2.49. The molecule has 0 fully saturated rings. The maximum atomic E-state index is 10.5. The second kappa shape index (κ2) is 7.74. The van der Waals surface area contributed by atoms with Crippen LogP contribution in [0.15, 0.2) is 78.9 Å². The van der Waals surface area contributed by atoms with Crippen molar-refractivity contribution in [1.82, 2.24) is 0 Å². The summed E-state index contributed by atoms with van der Waals surface area (Å²) in [7, 11) is 0.459. The first kappa shape index (κ1) is 21.2. The number of aliphatic hydroxyl groups is 1. The lowest BCUT2D eigenvalue weighted by molar-refractivity contribution is -0.0893. The van der Waals surface area contributed by atoms with E-state index in [1.54, 1.807) is 13.8 Å². The summed E-state index contributed by atoms with van der Waals surface area (Å²) in [6, 6.07) is 28.3. The van der Waals surface area contributed by atoms with Crippen LogP contribution in [0.2, 0.25) is 0 Å². The van der Waals surface area contributed by atoms with Crippen LogP contribution in [0, 0.1) is 0 Å². The van der Waals surface area contributed by atoms with Crippen LogP contribution in [0.1, 0.15) is 27.7 Å². The Morgan fingerprint density at radius 3 is 2.25 bits per heavy atom. The van der Waals surface area contributed by atoms with E-state index in [2.05, 4.69) is 78.9 Å². The summed E-state index contributed by atoms with van der Waals surface area (Å²) in [4.78, 5) is 0. The van der Waals surface area contributed by atoms with Gasteiger partial charge in [-0.1, -0.05) is 54.6 Å². The van der Waals surface area contributed by atoms with Gasteiger partial charge in [-0.3, -0.25) is 0 Å². The zero-order valence-corrected chi connectivity index (χ0v) is 19.8. The molecular weight excluding hydrogens is 411 g/mol. The van der Waals surface area contributed by atoms with Crippen molar-refractivity contribution in [3.05, 3.63) is 78.9 Å². The van der Waals surface area contributed by atoms with Crippen molar-refractivity contribution < 1.29 is 9.76 Å². The highest BCUT2D eigenvalue weighted by molar-refractivity contribution is 7.26. The van der Waals surface area contributed by atoms with Gasteiger partial charge in [0, 0.05) is 14.8 Å². The summed E-state index contributed by atoms with van der Waals surface area (Å²) in [5, 5.41) is 15.5. The Hall–Kier alpha value is -2.66. The van der Waals surface area contributed by atoms with E-state index in [1.165, 1.54) is 42.1 Å². The zero-order chi connectivity index (χ0) is 22.5. The van der Waals surface area contributed by atoms with Crippen molar-refractivity contribution in [3.63, 3.8) is 0 Å². The van der Waals surface area contributed by atoms with Crippen molar-refractivity contribution in [2.75, 3.05) is 0 Å². The van der Waals surface area contributed by atoms with Gasteiger partial charge in [0.2, 0.25) is 0 Å². The lowest BCUT2D eigenvalue weighted by Gasteiger charge is -2.37. The molecule has 160 valence electrons. The number of thiophene rings is 1. The molecule has 0 spiro atoms. The fourth-order valence-electron chi connectivity index (χ4n) is 4.00. The predicted molar refractivity (Wildman–Crippen MR) is 141 cm³/mol. The summed E-state index contributed by atoms with van der Waals surface area (Å²) < 4.78 is 8.76. The largest absolute Gasteiger partial charge is 0.427 e. The standard InChI is InChI=1S/C28H27BO2S/c1-27(2,30)28(3,4)31-29-23-10-7-11-25-26(23)22-17-21(14-15-24(22)32-25)20-13-12-18-8-5-6-9-19(18)16-20/h5-17,29-30H,1-4H3. The van der Waals surface area contributed by atoms with Gasteiger partial charge < -0.3 is 9.76 Å². The molecule has 2 nitrogen and oxygen atoms in total. The molecule has 1 aromatic heterocycles. The summed E-state index contributed by atoms with van der Waals surface area (Å²) in [6.07, 6.45) is 0. The number of benzene rings is 4. The third kappa shape index (κ3) is 3.73. The fourth-order valence-corrected chi connectivity index (χ4v) is 5.14. The van der Waals surface area contributed by atoms with Gasteiger partial charge in [-0.05, 0) is 84.7 Å². The van der Waals surface area contributed by atoms with E-state index in [1.807, 2.05) is 25.2 Å². The van der Waals surface area contributed by atoms with E-state index < -0.39 is 11.2 Å². The highest BCUT2D eigenvalue weighted by Gasteiger charge is 2.35. The molecule has 32 heavy (non-hydrogen) atoms. The third-order valence-corrected chi connectivity index (χ3v) is 7.86. The molecule has 0 atom stereocenters. The molecule has 4 aromatic carbocycles. The van der Waals surface area contributed by atoms with E-state index >= 15 is 0 Å². The Kier molecular flexibility index (Phi) is 5.13. The van der Waals surface area contributed by atoms with Crippen molar-refractivity contribution in [2.24, 2.45) is 0 Å². The van der Waals surface area contributed by atoms with Gasteiger partial charge in [0.15, 0.2) is 0 Å². The minimum absolute atomic E-state index is 0.459. The van der Waals surface area contributed by atoms with Gasteiger partial charge in [0.05, 0.1) is 11.2 Å². The van der Waals surface area contributed by atoms with E-state index in [0.717, 1.165) is 5.46 Å². The Morgan fingerprint density at radius 2 is 1.47 bits per heavy atom. The van der Waals surface area contributed by atoms with Crippen LogP contribution in [-0.2, 0) is 4.65 Å². The number of rotatable bonds is 5. The van der Waals surface area contributed by atoms with Crippen LogP contribution in [0.5, 0.6) is 0 Å². The van der Waals surface area contributed by atoms with Crippen molar-refractivity contribution >= 4 is 55.2 Å². The average Bonchev–Trinajstić information content (AvgIpc) is 3.15. The number of fused-ring (bicyclic) bond motifs is 4. The molecule has 5 rings (SSSR count). The second-order valence-corrected chi connectivity index (χ2v) is 10.6. The van der Waals surface area contributed by atoms with Crippen molar-refractivity contribution in [1.29, 1.82) is 0 Å². The number of hydrogen-bond acceptors (Lipinski definition) is 3. The van der Waals surface area contributed by atoms with E-state index in [-0.39, 0.29) is 0 Å². The van der Waals surface area contributed by atoms with Gasteiger partial charge >= 0.3 is 7.48 Å². The maximum Gasteiger partial charge on any atom is 0.310 e. The molecule has 0 saturated heterocycles. The fraction of sp³-hybridized carbons (Fsp3) is 0.214. The van der Waals surface area contributed by atoms with E-state index in [4.69, 9.17) is 4.65 Å². The van der Waals surface area contributed by atoms with Crippen LogP contribution in [-0.4, -0.2) is 23.8 Å². The van der Waals surface area contributed by atoms with Gasteiger partial charge in [-0.15, -0.1) is 11.3 Å². The van der Waals surface area contributed by atoms with Gasteiger partial charge in [0.25, 0.3) is 0 Å². The second-order valence-electron chi connectivity index (χ2n) is 9.52. The first-order valence-electron chi connectivity index (χ1n) is 11.0. The van der Waals surface area contributed by atoms with Crippen molar-refractivity contribution in [3.8, 4) is 11.1 Å². The molecule has 5 aromatic rings. The quantitative estimate of drug-likeness (QED) is 0.321. The summed E-state index contributed by atoms with van der Waals surface area (Å²) in [6.45, 7) is 7.47. The predicted octanol–water partition coefficient (Wildman–Crippen LogP) is 6.42. The summed E-state index contributed by atoms with van der Waals surface area (Å²) in [5.41, 5.74) is 2.01. The molecule has 1 N–H and O–H groups in total. The number of hydrogen-bond donors (Lipinski definition) is 1. The van der Waals surface area contributed by atoms with E-state index in [9.17, 15) is 5.11 Å². The van der Waals surface area contributed by atoms with Crippen LogP contribution in [0.4, 0.5) is 0 Å². The molecule has 0 radical (unpaired) electrons. The maximum absolute atomic E-state index is 10.5. The molecule has 0 aliphatic rings. The molecule has 4 heteroatoms. The minimum atomic E-state index is -0.930. The highest BCUT2D eigenvalue weighted by atomic mass is 32.1. The molecular formula is C28H27BO2S. The van der Waals surface area contributed by atoms with E-state index in [0.29, 0.717) is 7.48 Å². The Balaban J connectivity index is 1.59. The molecule has 0 aliphatic carbocycles. The topological polar surface area (TPSA) is 29.5 Å². The smallest absolute Gasteiger partial charge is 0.310 e. The zero-order valence-electron chi connectivity index (χ0n) is 19.0. The minimum Gasteiger partial charge on any atom is -0.427 e. The molecule has 1 heterocycles. The van der Waals surface area contributed by atoms with Crippen LogP contribution in [0.25, 0.3) is 42.1 Å². The monoisotopic (exact) mass is 438 g/mol. The van der Waals surface area contributed by atoms with Crippen LogP contribution >= 0.6 is 11.3 Å². The first-order valence-corrected chi connectivity index (χ1v) is 11.8. The summed E-state index contributed by atoms with van der Waals surface area (Å²) >= 11 is 1.82. The van der Waals surface area contributed by atoms with Gasteiger partial charge in [-0.2, -0.15) is 0 Å². The Bertz CT molecular complexity index is 1440. The van der Waals surface area contributed by atoms with Gasteiger partial charge in [0.1, 0.15) is 0 Å². The molecule has 0 bridgehead atoms. The summed E-state index contributed by atoms with van der Waals surface area (Å²) in [5.74, 6) is 0.